The molecule has 1 unspecified atom stereocenters. The molecule has 2 fully saturated rings. The van der Waals surface area contributed by atoms with Crippen LogP contribution in [-0.4, -0.2) is 16.4 Å². The molecule has 0 radical (unpaired) electrons. The summed E-state index contributed by atoms with van der Waals surface area (Å²) in [5.74, 6) is 0.520. The van der Waals surface area contributed by atoms with E-state index in [0.717, 1.165) is 18.5 Å². The van der Waals surface area contributed by atoms with E-state index in [1.165, 1.54) is 19.3 Å². The van der Waals surface area contributed by atoms with Gasteiger partial charge in [0.25, 0.3) is 0 Å². The molecule has 1 saturated heterocycles. The van der Waals surface area contributed by atoms with E-state index in [4.69, 9.17) is 0 Å². The lowest BCUT2D eigenvalue weighted by Crippen LogP contribution is -2.46. The van der Waals surface area contributed by atoms with E-state index in [2.05, 4.69) is 15.7 Å². The van der Waals surface area contributed by atoms with Gasteiger partial charge in [0.2, 0.25) is 5.91 Å². The monoisotopic (exact) mass is 236 g/mol. The standard InChI is InChI=1S/C12H16N2OS/c15-11-6-9(10-7-16-8-13-10)12(14-11)4-2-1-3-5-12/h7-9H,1-6H2,(H,14,15). The van der Waals surface area contributed by atoms with Crippen LogP contribution in [-0.2, 0) is 4.79 Å². The number of aromatic nitrogens is 1. The smallest absolute Gasteiger partial charge is 0.221 e. The van der Waals surface area contributed by atoms with E-state index in [1.54, 1.807) is 11.3 Å². The lowest BCUT2D eigenvalue weighted by molar-refractivity contribution is -0.120. The van der Waals surface area contributed by atoms with Crippen molar-refractivity contribution in [1.29, 1.82) is 0 Å². The van der Waals surface area contributed by atoms with E-state index in [-0.39, 0.29) is 11.4 Å². The summed E-state index contributed by atoms with van der Waals surface area (Å²) in [4.78, 5) is 16.1. The van der Waals surface area contributed by atoms with Gasteiger partial charge in [-0.1, -0.05) is 19.3 Å². The molecular weight excluding hydrogens is 220 g/mol. The minimum atomic E-state index is 0.0312. The quantitative estimate of drug-likeness (QED) is 0.813. The second-order valence-electron chi connectivity index (χ2n) is 4.93. The van der Waals surface area contributed by atoms with Crippen LogP contribution in [0.5, 0.6) is 0 Å². The largest absolute Gasteiger partial charge is 0.350 e. The average Bonchev–Trinajstić information content (AvgIpc) is 2.88. The van der Waals surface area contributed by atoms with Gasteiger partial charge in [-0.3, -0.25) is 4.79 Å². The van der Waals surface area contributed by atoms with E-state index < -0.39 is 0 Å². The van der Waals surface area contributed by atoms with Gasteiger partial charge in [0, 0.05) is 23.3 Å². The number of amides is 1. The summed E-state index contributed by atoms with van der Waals surface area (Å²) in [6.45, 7) is 0. The number of hydrogen-bond donors (Lipinski definition) is 1. The zero-order valence-corrected chi connectivity index (χ0v) is 10.1. The molecule has 1 saturated carbocycles. The molecule has 16 heavy (non-hydrogen) atoms. The number of thiazole rings is 1. The highest BCUT2D eigenvalue weighted by Gasteiger charge is 2.48. The van der Waals surface area contributed by atoms with Crippen molar-refractivity contribution in [3.63, 3.8) is 0 Å². The van der Waals surface area contributed by atoms with Crippen molar-refractivity contribution < 1.29 is 4.79 Å². The van der Waals surface area contributed by atoms with Crippen LogP contribution in [0.4, 0.5) is 0 Å². The Morgan fingerprint density at radius 2 is 2.19 bits per heavy atom. The first-order valence-corrected chi connectivity index (χ1v) is 6.94. The lowest BCUT2D eigenvalue weighted by Gasteiger charge is -2.37. The van der Waals surface area contributed by atoms with Crippen molar-refractivity contribution in [3.05, 3.63) is 16.6 Å². The maximum Gasteiger partial charge on any atom is 0.221 e. The summed E-state index contributed by atoms with van der Waals surface area (Å²) in [6, 6.07) is 0. The van der Waals surface area contributed by atoms with Gasteiger partial charge >= 0.3 is 0 Å². The lowest BCUT2D eigenvalue weighted by atomic mass is 9.73. The maximum absolute atomic E-state index is 11.7. The molecular formula is C12H16N2OS. The van der Waals surface area contributed by atoms with Gasteiger partial charge in [-0.15, -0.1) is 11.3 Å². The van der Waals surface area contributed by atoms with Crippen molar-refractivity contribution in [2.75, 3.05) is 0 Å². The SMILES string of the molecule is O=C1CC(c2cscn2)C2(CCCCC2)N1. The summed E-state index contributed by atoms with van der Waals surface area (Å²) >= 11 is 1.62. The topological polar surface area (TPSA) is 42.0 Å². The fourth-order valence-electron chi connectivity index (χ4n) is 3.23. The predicted molar refractivity (Wildman–Crippen MR) is 63.4 cm³/mol. The third-order valence-electron chi connectivity index (χ3n) is 4.00. The molecule has 1 aliphatic carbocycles. The number of carbonyl (C=O) groups is 1. The van der Waals surface area contributed by atoms with Crippen LogP contribution in [0, 0.1) is 0 Å². The Morgan fingerprint density at radius 1 is 1.38 bits per heavy atom. The molecule has 2 aliphatic rings. The fraction of sp³-hybridized carbons (Fsp3) is 0.667. The highest BCUT2D eigenvalue weighted by atomic mass is 32.1. The Morgan fingerprint density at radius 3 is 2.88 bits per heavy atom. The van der Waals surface area contributed by atoms with Gasteiger partial charge in [0.15, 0.2) is 0 Å². The molecule has 1 spiro atoms. The Labute approximate surface area is 99.3 Å². The van der Waals surface area contributed by atoms with Gasteiger partial charge in [-0.05, 0) is 12.8 Å². The van der Waals surface area contributed by atoms with Gasteiger partial charge in [0.05, 0.1) is 11.2 Å². The number of nitrogens with zero attached hydrogens (tertiary/aromatic N) is 1. The van der Waals surface area contributed by atoms with Gasteiger partial charge in [0.1, 0.15) is 0 Å². The zero-order chi connectivity index (χ0) is 11.0. The molecule has 1 aliphatic heterocycles. The van der Waals surface area contributed by atoms with Gasteiger partial charge in [-0.25, -0.2) is 4.98 Å². The molecule has 1 aromatic rings. The van der Waals surface area contributed by atoms with Crippen LogP contribution in [0.15, 0.2) is 10.9 Å². The van der Waals surface area contributed by atoms with Crippen molar-refractivity contribution in [2.24, 2.45) is 0 Å². The van der Waals surface area contributed by atoms with Crippen LogP contribution in [0.25, 0.3) is 0 Å². The molecule has 4 heteroatoms. The number of rotatable bonds is 1. The van der Waals surface area contributed by atoms with Crippen LogP contribution in [0.2, 0.25) is 0 Å². The predicted octanol–water partition coefficient (Wildman–Crippen LogP) is 2.45. The Hall–Kier alpha value is -0.900. The minimum Gasteiger partial charge on any atom is -0.350 e. The first-order chi connectivity index (χ1) is 7.80. The summed E-state index contributed by atoms with van der Waals surface area (Å²) in [5, 5.41) is 5.33. The molecule has 1 amide bonds. The summed E-state index contributed by atoms with van der Waals surface area (Å²) in [5.41, 5.74) is 3.02. The fourth-order valence-corrected chi connectivity index (χ4v) is 3.84. The maximum atomic E-state index is 11.7. The second-order valence-corrected chi connectivity index (χ2v) is 5.65. The van der Waals surface area contributed by atoms with Crippen molar-refractivity contribution in [1.82, 2.24) is 10.3 Å². The Kier molecular flexibility index (Phi) is 2.46. The van der Waals surface area contributed by atoms with Crippen molar-refractivity contribution >= 4 is 17.2 Å². The number of carbonyl (C=O) groups excluding carboxylic acids is 1. The molecule has 1 atom stereocenters. The van der Waals surface area contributed by atoms with E-state index in [1.807, 2.05) is 5.51 Å². The first kappa shape index (κ1) is 10.3. The summed E-state index contributed by atoms with van der Waals surface area (Å²) in [7, 11) is 0. The van der Waals surface area contributed by atoms with Crippen LogP contribution in [0.3, 0.4) is 0 Å². The number of hydrogen-bond acceptors (Lipinski definition) is 3. The molecule has 1 N–H and O–H groups in total. The normalized spacial score (nSPS) is 28.2. The van der Waals surface area contributed by atoms with E-state index in [9.17, 15) is 4.79 Å². The Bertz CT molecular complexity index is 382. The van der Waals surface area contributed by atoms with Crippen molar-refractivity contribution in [2.45, 2.75) is 50.0 Å². The average molecular weight is 236 g/mol. The first-order valence-electron chi connectivity index (χ1n) is 5.99. The van der Waals surface area contributed by atoms with Crippen molar-refractivity contribution in [3.8, 4) is 0 Å². The van der Waals surface area contributed by atoms with Gasteiger partial charge < -0.3 is 5.32 Å². The van der Waals surface area contributed by atoms with Crippen LogP contribution in [0.1, 0.15) is 50.1 Å². The summed E-state index contributed by atoms with van der Waals surface area (Å²) < 4.78 is 0. The van der Waals surface area contributed by atoms with E-state index in [0.29, 0.717) is 12.3 Å². The van der Waals surface area contributed by atoms with Gasteiger partial charge in [-0.2, -0.15) is 0 Å². The third kappa shape index (κ3) is 1.56. The Balaban J connectivity index is 1.93. The summed E-state index contributed by atoms with van der Waals surface area (Å²) in [6.07, 6.45) is 6.66. The molecule has 0 bridgehead atoms. The zero-order valence-electron chi connectivity index (χ0n) is 9.24. The van der Waals surface area contributed by atoms with E-state index >= 15 is 0 Å². The third-order valence-corrected chi connectivity index (χ3v) is 4.60. The molecule has 0 aromatic carbocycles. The molecule has 2 heterocycles. The molecule has 3 nitrogen and oxygen atoms in total. The minimum absolute atomic E-state index is 0.0312. The second kappa shape index (κ2) is 3.84. The van der Waals surface area contributed by atoms with Crippen LogP contribution < -0.4 is 5.32 Å². The molecule has 86 valence electrons. The highest BCUT2D eigenvalue weighted by molar-refractivity contribution is 7.07. The molecule has 3 rings (SSSR count). The highest BCUT2D eigenvalue weighted by Crippen LogP contribution is 2.45. The molecule has 1 aromatic heterocycles. The number of nitrogens with one attached hydrogen (secondary N) is 1. The van der Waals surface area contributed by atoms with Crippen LogP contribution >= 0.6 is 11.3 Å².